The van der Waals surface area contributed by atoms with E-state index in [1.165, 1.54) is 0 Å². The van der Waals surface area contributed by atoms with Gasteiger partial charge in [0.25, 0.3) is 11.1 Å². The molecular weight excluding hydrogens is 316 g/mol. The number of nitrogens with zero attached hydrogens (tertiary/aromatic N) is 2. The highest BCUT2D eigenvalue weighted by Crippen LogP contribution is 2.20. The van der Waals surface area contributed by atoms with E-state index in [0.717, 1.165) is 11.3 Å². The minimum absolute atomic E-state index is 0.174. The molecule has 0 saturated heterocycles. The molecule has 0 fully saturated rings. The molecule has 3 rings (SSSR count). The number of benzene rings is 1. The van der Waals surface area contributed by atoms with Crippen molar-refractivity contribution in [2.45, 2.75) is 20.8 Å². The van der Waals surface area contributed by atoms with Crippen molar-refractivity contribution in [2.24, 2.45) is 15.4 Å². The molecule has 0 aliphatic carbocycles. The normalized spacial score (nSPS) is 16.1. The number of aliphatic imine (C=N–C) groups is 2. The van der Waals surface area contributed by atoms with Gasteiger partial charge >= 0.3 is 0 Å². The van der Waals surface area contributed by atoms with E-state index in [1.54, 1.807) is 12.2 Å². The molecule has 0 unspecified atom stereocenters. The third-order valence-electron chi connectivity index (χ3n) is 3.80. The zero-order chi connectivity index (χ0) is 18.0. The van der Waals surface area contributed by atoms with Crippen molar-refractivity contribution >= 4 is 23.6 Å². The third-order valence-corrected chi connectivity index (χ3v) is 3.80. The zero-order valence-electron chi connectivity index (χ0n) is 14.5. The highest BCUT2D eigenvalue weighted by molar-refractivity contribution is 6.54. The predicted molar refractivity (Wildman–Crippen MR) is 101 cm³/mol. The number of rotatable bonds is 2. The molecule has 0 radical (unpaired) electrons. The smallest absolute Gasteiger partial charge is 0.272 e. The number of hydrogen-bond acceptors (Lipinski definition) is 4. The monoisotopic (exact) mass is 336 g/mol. The van der Waals surface area contributed by atoms with Crippen LogP contribution in [0.25, 0.3) is 12.2 Å². The second-order valence-corrected chi connectivity index (χ2v) is 6.88. The summed E-state index contributed by atoms with van der Waals surface area (Å²) in [7, 11) is 0. The van der Waals surface area contributed by atoms with Crippen molar-refractivity contribution in [1.82, 2.24) is 9.97 Å². The second kappa shape index (κ2) is 6.47. The van der Waals surface area contributed by atoms with E-state index in [0.29, 0.717) is 12.4 Å². The number of hydrogen-bond donors (Lipinski definition) is 2. The molecule has 2 N–H and O–H groups in total. The lowest BCUT2D eigenvalue weighted by Gasteiger charge is -2.18. The number of aromatic amines is 2. The van der Waals surface area contributed by atoms with Crippen LogP contribution in [0.3, 0.4) is 0 Å². The van der Waals surface area contributed by atoms with Gasteiger partial charge in [-0.1, -0.05) is 51.1 Å². The second-order valence-electron chi connectivity index (χ2n) is 6.88. The highest BCUT2D eigenvalue weighted by atomic mass is 16.1. The van der Waals surface area contributed by atoms with Gasteiger partial charge in [0, 0.05) is 5.41 Å². The van der Waals surface area contributed by atoms with Gasteiger partial charge < -0.3 is 9.97 Å². The summed E-state index contributed by atoms with van der Waals surface area (Å²) in [4.78, 5) is 38.6. The molecule has 2 aromatic rings. The SMILES string of the molecule is CC(C)(C)C1=NCN=C1/C=c1\[nH]c(=O)/c(=C/c2ccccc2)[nH]c1=O. The fraction of sp³-hybridized carbons (Fsp3) is 0.263. The molecule has 1 aliphatic rings. The largest absolute Gasteiger partial charge is 0.316 e. The number of nitrogens with one attached hydrogen (secondary N) is 2. The molecule has 6 heteroatoms. The van der Waals surface area contributed by atoms with Crippen LogP contribution in [0, 0.1) is 5.41 Å². The first-order valence-corrected chi connectivity index (χ1v) is 8.05. The average Bonchev–Trinajstić information content (AvgIpc) is 3.02. The number of H-pyrrole nitrogens is 2. The Morgan fingerprint density at radius 3 is 2.12 bits per heavy atom. The lowest BCUT2D eigenvalue weighted by Crippen LogP contribution is -2.47. The Morgan fingerprint density at radius 2 is 1.52 bits per heavy atom. The van der Waals surface area contributed by atoms with Gasteiger partial charge in [-0.25, -0.2) is 0 Å². The average molecular weight is 336 g/mol. The van der Waals surface area contributed by atoms with Crippen LogP contribution in [0.2, 0.25) is 0 Å². The Balaban J connectivity index is 2.08. The lowest BCUT2D eigenvalue weighted by molar-refractivity contribution is 0.598. The summed E-state index contributed by atoms with van der Waals surface area (Å²) in [5.74, 6) is 0. The molecule has 0 atom stereocenters. The van der Waals surface area contributed by atoms with Crippen LogP contribution in [0.4, 0.5) is 0 Å². The Hall–Kier alpha value is -3.02. The van der Waals surface area contributed by atoms with E-state index >= 15 is 0 Å². The molecule has 128 valence electrons. The lowest BCUT2D eigenvalue weighted by atomic mass is 9.87. The molecule has 0 spiro atoms. The molecule has 1 aliphatic heterocycles. The molecule has 0 saturated carbocycles. The summed E-state index contributed by atoms with van der Waals surface area (Å²) < 4.78 is 0. The Bertz CT molecular complexity index is 1080. The van der Waals surface area contributed by atoms with Crippen LogP contribution in [0.1, 0.15) is 26.3 Å². The van der Waals surface area contributed by atoms with Crippen molar-refractivity contribution in [3.63, 3.8) is 0 Å². The standard InChI is InChI=1S/C19H20N4O2/c1-19(2,3)16-13(20-11-21-16)10-15-18(25)22-14(17(24)23-15)9-12-7-5-4-6-8-12/h4-10H,11H2,1-3H3,(H,22,25)(H,23,24)/b14-9-,15-10-. The first kappa shape index (κ1) is 16.8. The van der Waals surface area contributed by atoms with Crippen LogP contribution >= 0.6 is 0 Å². The summed E-state index contributed by atoms with van der Waals surface area (Å²) in [6.07, 6.45) is 3.22. The van der Waals surface area contributed by atoms with Crippen LogP contribution < -0.4 is 21.8 Å². The maximum Gasteiger partial charge on any atom is 0.272 e. The Labute approximate surface area is 144 Å². The van der Waals surface area contributed by atoms with Crippen molar-refractivity contribution in [3.8, 4) is 0 Å². The summed E-state index contributed by atoms with van der Waals surface area (Å²) in [6, 6.07) is 9.34. The molecule has 0 bridgehead atoms. The first-order chi connectivity index (χ1) is 11.8. The topological polar surface area (TPSA) is 90.4 Å². The fourth-order valence-corrected chi connectivity index (χ4v) is 2.62. The molecule has 6 nitrogen and oxygen atoms in total. The molecule has 1 aromatic carbocycles. The summed E-state index contributed by atoms with van der Waals surface area (Å²) in [6.45, 7) is 6.45. The van der Waals surface area contributed by atoms with Gasteiger partial charge in [-0.15, -0.1) is 0 Å². The zero-order valence-corrected chi connectivity index (χ0v) is 14.5. The highest BCUT2D eigenvalue weighted by Gasteiger charge is 2.25. The van der Waals surface area contributed by atoms with Crippen molar-refractivity contribution < 1.29 is 0 Å². The van der Waals surface area contributed by atoms with E-state index in [1.807, 2.05) is 51.1 Å². The Morgan fingerprint density at radius 1 is 0.920 bits per heavy atom. The molecule has 0 amide bonds. The van der Waals surface area contributed by atoms with Crippen molar-refractivity contribution in [3.05, 3.63) is 67.3 Å². The van der Waals surface area contributed by atoms with Gasteiger partial charge in [-0.05, 0) is 17.7 Å². The fourth-order valence-electron chi connectivity index (χ4n) is 2.62. The summed E-state index contributed by atoms with van der Waals surface area (Å²) in [5, 5.41) is 0.388. The van der Waals surface area contributed by atoms with E-state index < -0.39 is 0 Å². The van der Waals surface area contributed by atoms with Crippen LogP contribution in [-0.4, -0.2) is 28.1 Å². The van der Waals surface area contributed by atoms with Crippen LogP contribution in [-0.2, 0) is 0 Å². The molecule has 25 heavy (non-hydrogen) atoms. The van der Waals surface area contributed by atoms with Gasteiger partial charge in [-0.2, -0.15) is 0 Å². The molecule has 2 heterocycles. The number of aromatic nitrogens is 2. The molecular formula is C19H20N4O2. The van der Waals surface area contributed by atoms with Crippen molar-refractivity contribution in [1.29, 1.82) is 0 Å². The van der Waals surface area contributed by atoms with Gasteiger partial charge in [0.1, 0.15) is 17.4 Å². The van der Waals surface area contributed by atoms with E-state index in [2.05, 4.69) is 20.0 Å². The predicted octanol–water partition coefficient (Wildman–Crippen LogP) is 0.572. The molecule has 1 aromatic heterocycles. The van der Waals surface area contributed by atoms with E-state index in [-0.39, 0.29) is 27.2 Å². The Kier molecular flexibility index (Phi) is 4.35. The van der Waals surface area contributed by atoms with E-state index in [4.69, 9.17) is 0 Å². The van der Waals surface area contributed by atoms with Crippen LogP contribution in [0.15, 0.2) is 49.9 Å². The summed E-state index contributed by atoms with van der Waals surface area (Å²) in [5.41, 5.74) is 1.39. The van der Waals surface area contributed by atoms with Gasteiger partial charge in [-0.3, -0.25) is 19.6 Å². The van der Waals surface area contributed by atoms with Gasteiger partial charge in [0.2, 0.25) is 0 Å². The maximum atomic E-state index is 12.4. The third kappa shape index (κ3) is 3.74. The van der Waals surface area contributed by atoms with Crippen molar-refractivity contribution in [2.75, 3.05) is 6.67 Å². The quantitative estimate of drug-likeness (QED) is 0.839. The maximum absolute atomic E-state index is 12.4. The summed E-state index contributed by atoms with van der Waals surface area (Å²) >= 11 is 0. The van der Waals surface area contributed by atoms with Gasteiger partial charge in [0.05, 0.1) is 11.4 Å². The van der Waals surface area contributed by atoms with Gasteiger partial charge in [0.15, 0.2) is 0 Å². The minimum Gasteiger partial charge on any atom is -0.316 e. The van der Waals surface area contributed by atoms with Crippen LogP contribution in [0.5, 0.6) is 0 Å². The minimum atomic E-state index is -0.371. The first-order valence-electron chi connectivity index (χ1n) is 8.05. The van der Waals surface area contributed by atoms with E-state index in [9.17, 15) is 9.59 Å².